The monoisotopic (exact) mass is 569 g/mol. The first kappa shape index (κ1) is 27.7. The molecule has 42 heavy (non-hydrogen) atoms. The summed E-state index contributed by atoms with van der Waals surface area (Å²) < 4.78 is 28.0. The fraction of sp³-hybridized carbons (Fsp3) is 0.344. The molecular weight excluding hydrogens is 537 g/mol. The van der Waals surface area contributed by atoms with Gasteiger partial charge < -0.3 is 24.0 Å². The third-order valence-electron chi connectivity index (χ3n) is 7.97. The summed E-state index contributed by atoms with van der Waals surface area (Å²) in [7, 11) is 0. The Bertz CT molecular complexity index is 1640. The van der Waals surface area contributed by atoms with Crippen LogP contribution in [0, 0.1) is 17.1 Å². The molecule has 0 saturated carbocycles. The summed E-state index contributed by atoms with van der Waals surface area (Å²) in [5, 5.41) is 18.5. The summed E-state index contributed by atoms with van der Waals surface area (Å²) in [6, 6.07) is 19.3. The molecule has 2 aliphatic heterocycles. The van der Waals surface area contributed by atoms with Crippen LogP contribution in [0.25, 0.3) is 11.0 Å². The Morgan fingerprint density at radius 2 is 2.00 bits per heavy atom. The number of nitriles is 1. The van der Waals surface area contributed by atoms with Crippen molar-refractivity contribution in [2.75, 3.05) is 37.7 Å². The van der Waals surface area contributed by atoms with E-state index in [0.29, 0.717) is 24.4 Å². The number of ether oxygens (including phenoxy) is 2. The summed E-state index contributed by atoms with van der Waals surface area (Å²) in [5.41, 5.74) is 3.61. The number of aromatic carboxylic acids is 1. The van der Waals surface area contributed by atoms with Gasteiger partial charge in [0.2, 0.25) is 0 Å². The van der Waals surface area contributed by atoms with Crippen molar-refractivity contribution in [1.29, 1.82) is 5.26 Å². The molecule has 6 rings (SSSR count). The molecule has 2 saturated heterocycles. The highest BCUT2D eigenvalue weighted by Gasteiger charge is 2.24. The first-order valence-electron chi connectivity index (χ1n) is 14.2. The molecule has 1 N–H and O–H groups in total. The first-order valence-corrected chi connectivity index (χ1v) is 14.2. The Balaban J connectivity index is 1.12. The maximum Gasteiger partial charge on any atom is 0.335 e. The van der Waals surface area contributed by atoms with Crippen molar-refractivity contribution in [3.05, 3.63) is 89.0 Å². The van der Waals surface area contributed by atoms with Crippen molar-refractivity contribution in [2.24, 2.45) is 0 Å². The Hall–Kier alpha value is -4.46. The van der Waals surface area contributed by atoms with Gasteiger partial charge in [-0.05, 0) is 55.3 Å². The Kier molecular flexibility index (Phi) is 8.04. The highest BCUT2D eigenvalue weighted by molar-refractivity contribution is 5.92. The second-order valence-electron chi connectivity index (χ2n) is 10.7. The van der Waals surface area contributed by atoms with E-state index in [1.54, 1.807) is 30.3 Å². The summed E-state index contributed by atoms with van der Waals surface area (Å²) in [4.78, 5) is 21.2. The normalized spacial score (nSPS) is 17.4. The van der Waals surface area contributed by atoms with Gasteiger partial charge in [-0.3, -0.25) is 4.90 Å². The number of carboxylic acid groups (broad SMARTS) is 1. The lowest BCUT2D eigenvalue weighted by Crippen LogP contribution is -2.34. The molecule has 216 valence electrons. The predicted molar refractivity (Wildman–Crippen MR) is 155 cm³/mol. The van der Waals surface area contributed by atoms with Crippen LogP contribution in [0.1, 0.15) is 40.2 Å². The van der Waals surface area contributed by atoms with Gasteiger partial charge in [-0.15, -0.1) is 0 Å². The molecule has 1 atom stereocenters. The van der Waals surface area contributed by atoms with Crippen LogP contribution in [0.4, 0.5) is 10.1 Å². The number of halogens is 1. The second kappa shape index (κ2) is 12.2. The van der Waals surface area contributed by atoms with Crippen LogP contribution in [-0.2, 0) is 24.4 Å². The molecule has 4 aromatic rings. The number of fused-ring (bicyclic) bond motifs is 1. The van der Waals surface area contributed by atoms with Crippen molar-refractivity contribution in [1.82, 2.24) is 14.5 Å². The summed E-state index contributed by atoms with van der Waals surface area (Å²) in [5.74, 6) is 0.176. The maximum absolute atomic E-state index is 14.3. The molecule has 3 aromatic carbocycles. The average Bonchev–Trinajstić information content (AvgIpc) is 3.13. The number of carboxylic acids is 1. The van der Waals surface area contributed by atoms with Gasteiger partial charge in [-0.1, -0.05) is 12.1 Å². The van der Waals surface area contributed by atoms with Crippen LogP contribution < -0.4 is 9.64 Å². The maximum atomic E-state index is 14.3. The molecule has 0 radical (unpaired) electrons. The molecule has 2 fully saturated rings. The van der Waals surface area contributed by atoms with E-state index in [4.69, 9.17) is 19.7 Å². The molecule has 0 amide bonds. The third kappa shape index (κ3) is 6.08. The lowest BCUT2D eigenvalue weighted by atomic mass is 10.1. The second-order valence-corrected chi connectivity index (χ2v) is 10.7. The Labute approximate surface area is 243 Å². The lowest BCUT2D eigenvalue weighted by Gasteiger charge is -2.28. The molecule has 0 aliphatic carbocycles. The van der Waals surface area contributed by atoms with E-state index in [1.165, 1.54) is 6.07 Å². The fourth-order valence-corrected chi connectivity index (χ4v) is 5.51. The zero-order valence-corrected chi connectivity index (χ0v) is 23.2. The lowest BCUT2D eigenvalue weighted by molar-refractivity contribution is -0.0591. The fourth-order valence-electron chi connectivity index (χ4n) is 5.51. The van der Waals surface area contributed by atoms with Crippen molar-refractivity contribution < 1.29 is 23.8 Å². The molecular formula is C32H32FN5O4. The number of hydrogen-bond donors (Lipinski definition) is 1. The number of anilines is 1. The number of nitrogens with zero attached hydrogens (tertiary/aromatic N) is 5. The molecule has 10 heteroatoms. The van der Waals surface area contributed by atoms with E-state index in [0.717, 1.165) is 68.2 Å². The molecule has 0 bridgehead atoms. The summed E-state index contributed by atoms with van der Waals surface area (Å²) >= 11 is 0. The van der Waals surface area contributed by atoms with Gasteiger partial charge in [-0.2, -0.15) is 5.26 Å². The Morgan fingerprint density at radius 3 is 2.76 bits per heavy atom. The molecule has 0 unspecified atom stereocenters. The smallest absolute Gasteiger partial charge is 0.335 e. The number of hydrogen-bond acceptors (Lipinski definition) is 7. The van der Waals surface area contributed by atoms with Crippen molar-refractivity contribution in [3.63, 3.8) is 0 Å². The predicted octanol–water partition coefficient (Wildman–Crippen LogP) is 4.83. The highest BCUT2D eigenvalue weighted by atomic mass is 19.1. The third-order valence-corrected chi connectivity index (χ3v) is 7.97. The van der Waals surface area contributed by atoms with E-state index in [2.05, 4.69) is 20.4 Å². The zero-order valence-electron chi connectivity index (χ0n) is 23.2. The van der Waals surface area contributed by atoms with Crippen LogP contribution in [0.5, 0.6) is 5.75 Å². The minimum atomic E-state index is -0.949. The minimum Gasteiger partial charge on any atom is -0.489 e. The molecule has 2 aliphatic rings. The number of aromatic nitrogens is 2. The molecule has 9 nitrogen and oxygen atoms in total. The van der Waals surface area contributed by atoms with Crippen LogP contribution >= 0.6 is 0 Å². The van der Waals surface area contributed by atoms with Gasteiger partial charge in [0.1, 0.15) is 24.0 Å². The molecule has 3 heterocycles. The Morgan fingerprint density at radius 1 is 1.12 bits per heavy atom. The number of benzene rings is 3. The number of imidazole rings is 1. The highest BCUT2D eigenvalue weighted by Crippen LogP contribution is 2.26. The number of rotatable bonds is 9. The van der Waals surface area contributed by atoms with Crippen molar-refractivity contribution in [2.45, 2.75) is 38.6 Å². The number of carbonyl (C=O) groups is 1. The van der Waals surface area contributed by atoms with E-state index in [9.17, 15) is 14.3 Å². The molecule has 0 spiro atoms. The van der Waals surface area contributed by atoms with Gasteiger partial charge in [0.25, 0.3) is 0 Å². The van der Waals surface area contributed by atoms with E-state index in [-0.39, 0.29) is 23.8 Å². The summed E-state index contributed by atoms with van der Waals surface area (Å²) in [6.45, 7) is 5.62. The summed E-state index contributed by atoms with van der Waals surface area (Å²) in [6.07, 6.45) is 2.08. The van der Waals surface area contributed by atoms with Crippen LogP contribution in [0.2, 0.25) is 0 Å². The van der Waals surface area contributed by atoms with E-state index >= 15 is 0 Å². The largest absolute Gasteiger partial charge is 0.489 e. The van der Waals surface area contributed by atoms with Gasteiger partial charge >= 0.3 is 5.97 Å². The topological polar surface area (TPSA) is 104 Å². The van der Waals surface area contributed by atoms with Gasteiger partial charge in [0.05, 0.1) is 47.4 Å². The van der Waals surface area contributed by atoms with E-state index in [1.807, 2.05) is 24.3 Å². The minimum absolute atomic E-state index is 0.0790. The van der Waals surface area contributed by atoms with Crippen molar-refractivity contribution >= 4 is 22.7 Å². The average molecular weight is 570 g/mol. The van der Waals surface area contributed by atoms with Crippen LogP contribution in [-0.4, -0.2) is 64.4 Å². The van der Waals surface area contributed by atoms with Gasteiger partial charge in [-0.25, -0.2) is 14.2 Å². The first-order chi connectivity index (χ1) is 20.5. The van der Waals surface area contributed by atoms with Crippen molar-refractivity contribution in [3.8, 4) is 11.8 Å². The van der Waals surface area contributed by atoms with Crippen LogP contribution in [0.3, 0.4) is 0 Å². The SMILES string of the molecule is N#Cc1ccc(COc2cccc(N3CCCN(Cc4nc5ccc(C(=O)O)cc5n4C[C@@H]4CCO4)CC3)c2)c(F)c1. The van der Waals surface area contributed by atoms with E-state index < -0.39 is 11.8 Å². The quantitative estimate of drug-likeness (QED) is 0.306. The van der Waals surface area contributed by atoms with Gasteiger partial charge in [0, 0.05) is 50.1 Å². The van der Waals surface area contributed by atoms with Gasteiger partial charge in [0.15, 0.2) is 0 Å². The van der Waals surface area contributed by atoms with Crippen LogP contribution in [0.15, 0.2) is 60.7 Å². The molecule has 1 aromatic heterocycles. The standard InChI is InChI=1S/C32H32FN5O4/c33-28-15-22(18-34)5-6-24(28)21-42-26-4-1-3-25(17-26)37-11-2-10-36(12-13-37)20-31-35-29-8-7-23(32(39)40)16-30(29)38(31)19-27-9-14-41-27/h1,3-8,15-17,27H,2,9-14,19-21H2,(H,39,40)/t27-/m0/s1. The zero-order chi connectivity index (χ0) is 29.1.